The summed E-state index contributed by atoms with van der Waals surface area (Å²) in [7, 11) is 0. The maximum absolute atomic E-state index is 5.17. The van der Waals surface area contributed by atoms with Gasteiger partial charge in [0.1, 0.15) is 0 Å². The van der Waals surface area contributed by atoms with E-state index in [1.54, 1.807) is 0 Å². The van der Waals surface area contributed by atoms with Crippen LogP contribution in [0.4, 0.5) is 0 Å². The second-order valence-electron chi connectivity index (χ2n) is 3.20. The van der Waals surface area contributed by atoms with Gasteiger partial charge in [0.05, 0.1) is 0 Å². The molecule has 0 aromatic carbocycles. The van der Waals surface area contributed by atoms with Gasteiger partial charge in [0, 0.05) is 13.2 Å². The molecular weight excluding hydrogens is 124 g/mol. The van der Waals surface area contributed by atoms with E-state index in [0.717, 1.165) is 25.0 Å². The fraction of sp³-hybridized carbons (Fsp3) is 1.00. The first-order valence-electron chi connectivity index (χ1n) is 4.30. The van der Waals surface area contributed by atoms with Crippen LogP contribution in [-0.2, 0) is 4.74 Å². The minimum Gasteiger partial charge on any atom is -0.381 e. The third-order valence-electron chi connectivity index (χ3n) is 1.73. The van der Waals surface area contributed by atoms with Crippen LogP contribution in [0.1, 0.15) is 34.1 Å². The van der Waals surface area contributed by atoms with Crippen LogP contribution in [0.15, 0.2) is 0 Å². The molecule has 1 aliphatic rings. The monoisotopic (exact) mass is 144 g/mol. The molecule has 10 heavy (non-hydrogen) atoms. The molecule has 0 spiro atoms. The van der Waals surface area contributed by atoms with Gasteiger partial charge in [-0.05, 0) is 11.8 Å². The molecular formula is C9H20O. The van der Waals surface area contributed by atoms with Gasteiger partial charge in [-0.15, -0.1) is 0 Å². The van der Waals surface area contributed by atoms with Crippen LogP contribution in [0.25, 0.3) is 0 Å². The molecule has 0 aromatic heterocycles. The molecule has 0 bridgehead atoms. The SMILES string of the molecule is CCC.C[C@@H]1COC[C@H]1C. The Morgan fingerprint density at radius 3 is 1.50 bits per heavy atom. The molecule has 0 saturated carbocycles. The van der Waals surface area contributed by atoms with Crippen LogP contribution in [0.3, 0.4) is 0 Å². The quantitative estimate of drug-likeness (QED) is 0.508. The lowest BCUT2D eigenvalue weighted by Gasteiger charge is -2.01. The standard InChI is InChI=1S/C6H12O.C3H8/c1-5-3-7-4-6(5)2;1-3-2/h5-6H,3-4H2,1-2H3;3H2,1-2H3/t5-,6-;/m1./s1. The van der Waals surface area contributed by atoms with Crippen molar-refractivity contribution in [1.82, 2.24) is 0 Å². The van der Waals surface area contributed by atoms with Crippen molar-refractivity contribution in [3.63, 3.8) is 0 Å². The molecule has 62 valence electrons. The molecule has 0 aliphatic carbocycles. The van der Waals surface area contributed by atoms with Crippen molar-refractivity contribution < 1.29 is 4.74 Å². The zero-order chi connectivity index (χ0) is 7.98. The number of hydrogen-bond acceptors (Lipinski definition) is 1. The number of ether oxygens (including phenoxy) is 1. The third-order valence-corrected chi connectivity index (χ3v) is 1.73. The minimum absolute atomic E-state index is 0.792. The molecule has 1 fully saturated rings. The van der Waals surface area contributed by atoms with Crippen molar-refractivity contribution in [3.05, 3.63) is 0 Å². The van der Waals surface area contributed by atoms with E-state index in [1.807, 2.05) is 0 Å². The van der Waals surface area contributed by atoms with Crippen LogP contribution in [0.2, 0.25) is 0 Å². The van der Waals surface area contributed by atoms with E-state index >= 15 is 0 Å². The van der Waals surface area contributed by atoms with Crippen molar-refractivity contribution in [1.29, 1.82) is 0 Å². The zero-order valence-corrected chi connectivity index (χ0v) is 7.68. The summed E-state index contributed by atoms with van der Waals surface area (Å²) in [6.07, 6.45) is 1.25. The average Bonchev–Trinajstić information content (AvgIpc) is 2.19. The lowest BCUT2D eigenvalue weighted by molar-refractivity contribution is 0.183. The summed E-state index contributed by atoms with van der Waals surface area (Å²) in [4.78, 5) is 0. The van der Waals surface area contributed by atoms with Crippen LogP contribution in [-0.4, -0.2) is 13.2 Å². The molecule has 1 nitrogen and oxygen atoms in total. The second kappa shape index (κ2) is 5.72. The van der Waals surface area contributed by atoms with Gasteiger partial charge >= 0.3 is 0 Å². The normalized spacial score (nSPS) is 31.2. The minimum atomic E-state index is 0.792. The lowest BCUT2D eigenvalue weighted by atomic mass is 10.0. The highest BCUT2D eigenvalue weighted by atomic mass is 16.5. The largest absolute Gasteiger partial charge is 0.381 e. The highest BCUT2D eigenvalue weighted by Crippen LogP contribution is 2.17. The molecule has 1 rings (SSSR count). The predicted octanol–water partition coefficient (Wildman–Crippen LogP) is 2.71. The molecule has 1 heteroatoms. The maximum atomic E-state index is 5.17. The average molecular weight is 144 g/mol. The van der Waals surface area contributed by atoms with E-state index < -0.39 is 0 Å². The fourth-order valence-electron chi connectivity index (χ4n) is 0.768. The lowest BCUT2D eigenvalue weighted by Crippen LogP contribution is -2.01. The Morgan fingerprint density at radius 2 is 1.40 bits per heavy atom. The Morgan fingerprint density at radius 1 is 1.10 bits per heavy atom. The van der Waals surface area contributed by atoms with Crippen molar-refractivity contribution in [2.24, 2.45) is 11.8 Å². The second-order valence-corrected chi connectivity index (χ2v) is 3.20. The van der Waals surface area contributed by atoms with E-state index in [2.05, 4.69) is 27.7 Å². The smallest absolute Gasteiger partial charge is 0.0495 e. The summed E-state index contributed by atoms with van der Waals surface area (Å²) < 4.78 is 5.17. The number of rotatable bonds is 0. The Kier molecular flexibility index (Phi) is 5.70. The van der Waals surface area contributed by atoms with Crippen molar-refractivity contribution in [2.45, 2.75) is 34.1 Å². The first-order chi connectivity index (χ1) is 4.72. The maximum Gasteiger partial charge on any atom is 0.0495 e. The summed E-state index contributed by atoms with van der Waals surface area (Å²) in [5, 5.41) is 0. The van der Waals surface area contributed by atoms with Gasteiger partial charge in [-0.1, -0.05) is 34.1 Å². The predicted molar refractivity (Wildman–Crippen MR) is 45.1 cm³/mol. The fourth-order valence-corrected chi connectivity index (χ4v) is 0.768. The first-order valence-corrected chi connectivity index (χ1v) is 4.30. The van der Waals surface area contributed by atoms with Gasteiger partial charge in [0.25, 0.3) is 0 Å². The molecule has 0 amide bonds. The first kappa shape index (κ1) is 9.96. The van der Waals surface area contributed by atoms with Crippen LogP contribution < -0.4 is 0 Å². The van der Waals surface area contributed by atoms with E-state index in [1.165, 1.54) is 6.42 Å². The Balaban J connectivity index is 0.000000236. The highest BCUT2D eigenvalue weighted by Gasteiger charge is 2.18. The highest BCUT2D eigenvalue weighted by molar-refractivity contribution is 4.65. The van der Waals surface area contributed by atoms with Gasteiger partial charge in [0.2, 0.25) is 0 Å². The van der Waals surface area contributed by atoms with E-state index in [0.29, 0.717) is 0 Å². The molecule has 0 N–H and O–H groups in total. The Bertz CT molecular complexity index is 63.1. The zero-order valence-electron chi connectivity index (χ0n) is 7.68. The van der Waals surface area contributed by atoms with Crippen LogP contribution in [0.5, 0.6) is 0 Å². The Labute approximate surface area is 64.8 Å². The van der Waals surface area contributed by atoms with Gasteiger partial charge < -0.3 is 4.74 Å². The van der Waals surface area contributed by atoms with Crippen molar-refractivity contribution in [2.75, 3.05) is 13.2 Å². The number of hydrogen-bond donors (Lipinski definition) is 0. The van der Waals surface area contributed by atoms with Gasteiger partial charge in [-0.25, -0.2) is 0 Å². The molecule has 1 aliphatic heterocycles. The third kappa shape index (κ3) is 3.89. The molecule has 0 aromatic rings. The van der Waals surface area contributed by atoms with Crippen molar-refractivity contribution >= 4 is 0 Å². The topological polar surface area (TPSA) is 9.23 Å². The summed E-state index contributed by atoms with van der Waals surface area (Å²) in [5.74, 6) is 1.58. The van der Waals surface area contributed by atoms with E-state index in [4.69, 9.17) is 4.74 Å². The molecule has 0 unspecified atom stereocenters. The molecule has 1 saturated heterocycles. The van der Waals surface area contributed by atoms with E-state index in [9.17, 15) is 0 Å². The summed E-state index contributed by atoms with van der Waals surface area (Å²) in [5.41, 5.74) is 0. The van der Waals surface area contributed by atoms with Crippen molar-refractivity contribution in [3.8, 4) is 0 Å². The van der Waals surface area contributed by atoms with Gasteiger partial charge in [0.15, 0.2) is 0 Å². The van der Waals surface area contributed by atoms with Gasteiger partial charge in [-0.3, -0.25) is 0 Å². The summed E-state index contributed by atoms with van der Waals surface area (Å²) in [6, 6.07) is 0. The molecule has 0 radical (unpaired) electrons. The van der Waals surface area contributed by atoms with E-state index in [-0.39, 0.29) is 0 Å². The molecule has 1 heterocycles. The molecule has 2 atom stereocenters. The Hall–Kier alpha value is -0.0400. The summed E-state index contributed by atoms with van der Waals surface area (Å²) in [6.45, 7) is 10.7. The van der Waals surface area contributed by atoms with Crippen LogP contribution in [0, 0.1) is 11.8 Å². The summed E-state index contributed by atoms with van der Waals surface area (Å²) >= 11 is 0. The van der Waals surface area contributed by atoms with Gasteiger partial charge in [-0.2, -0.15) is 0 Å². The van der Waals surface area contributed by atoms with Crippen LogP contribution >= 0.6 is 0 Å².